The smallest absolute Gasteiger partial charge is 0.0832 e. The summed E-state index contributed by atoms with van der Waals surface area (Å²) in [6.07, 6.45) is 0. The SMILES string of the molecule is CC(C)(C)c1cc(C(C)(C)C)c(N=PI)c(C(C)(C)C)c1. The van der Waals surface area contributed by atoms with Crippen molar-refractivity contribution in [2.75, 3.05) is 0 Å². The van der Waals surface area contributed by atoms with Gasteiger partial charge < -0.3 is 0 Å². The van der Waals surface area contributed by atoms with E-state index >= 15 is 0 Å². The number of hydrogen-bond acceptors (Lipinski definition) is 1. The first-order valence-corrected chi connectivity index (χ1v) is 11.1. The van der Waals surface area contributed by atoms with Gasteiger partial charge in [0.25, 0.3) is 0 Å². The third kappa shape index (κ3) is 4.76. The van der Waals surface area contributed by atoms with Crippen molar-refractivity contribution in [3.63, 3.8) is 0 Å². The molecule has 0 fully saturated rings. The minimum atomic E-state index is 0.0986. The van der Waals surface area contributed by atoms with Crippen LogP contribution in [0.4, 0.5) is 5.69 Å². The van der Waals surface area contributed by atoms with E-state index in [1.807, 2.05) is 0 Å². The molecule has 3 heteroatoms. The Morgan fingerprint density at radius 1 is 0.762 bits per heavy atom. The zero-order valence-electron chi connectivity index (χ0n) is 14.9. The summed E-state index contributed by atoms with van der Waals surface area (Å²) in [6, 6.07) is 5.79. The van der Waals surface area contributed by atoms with Crippen molar-refractivity contribution in [3.8, 4) is 0 Å². The lowest BCUT2D eigenvalue weighted by Gasteiger charge is -2.31. The molecule has 1 aromatic rings. The van der Waals surface area contributed by atoms with Crippen LogP contribution in [0.3, 0.4) is 0 Å². The normalized spacial score (nSPS) is 14.0. The van der Waals surface area contributed by atoms with E-state index in [2.05, 4.69) is 96.5 Å². The number of hydrogen-bond donors (Lipinski definition) is 0. The van der Waals surface area contributed by atoms with Gasteiger partial charge in [-0.05, 0) is 32.9 Å². The molecule has 0 aliphatic heterocycles. The lowest BCUT2D eigenvalue weighted by atomic mass is 9.74. The number of benzene rings is 1. The topological polar surface area (TPSA) is 12.4 Å². The van der Waals surface area contributed by atoms with Crippen LogP contribution >= 0.6 is 28.1 Å². The van der Waals surface area contributed by atoms with Gasteiger partial charge in [0.1, 0.15) is 0 Å². The Hall–Kier alpha value is 0.0500. The highest BCUT2D eigenvalue weighted by Gasteiger charge is 2.28. The summed E-state index contributed by atoms with van der Waals surface area (Å²) in [7, 11) is 0. The maximum atomic E-state index is 4.82. The third-order valence-electron chi connectivity index (χ3n) is 3.73. The van der Waals surface area contributed by atoms with Gasteiger partial charge in [0.2, 0.25) is 0 Å². The van der Waals surface area contributed by atoms with Gasteiger partial charge in [-0.2, -0.15) is 0 Å². The first-order chi connectivity index (χ1) is 9.28. The summed E-state index contributed by atoms with van der Waals surface area (Å²) in [5, 5.41) is 0. The molecule has 0 unspecified atom stereocenters. The molecule has 0 bridgehead atoms. The molecule has 0 saturated carbocycles. The van der Waals surface area contributed by atoms with Gasteiger partial charge in [0, 0.05) is 22.0 Å². The van der Waals surface area contributed by atoms with Crippen molar-refractivity contribution >= 4 is 33.7 Å². The summed E-state index contributed by atoms with van der Waals surface area (Å²) < 4.78 is 4.82. The van der Waals surface area contributed by atoms with E-state index in [4.69, 9.17) is 4.74 Å². The Balaban J connectivity index is 3.84. The highest BCUT2D eigenvalue weighted by molar-refractivity contribution is 14.2. The largest absolute Gasteiger partial charge is 0.221 e. The molecule has 0 heterocycles. The van der Waals surface area contributed by atoms with Crippen molar-refractivity contribution in [1.82, 2.24) is 0 Å². The maximum Gasteiger partial charge on any atom is 0.0832 e. The van der Waals surface area contributed by atoms with E-state index < -0.39 is 0 Å². The minimum Gasteiger partial charge on any atom is -0.221 e. The quantitative estimate of drug-likeness (QED) is 0.328. The molecular formula is C18H29INP. The molecule has 0 N–H and O–H groups in total. The van der Waals surface area contributed by atoms with Crippen LogP contribution in [0.15, 0.2) is 16.9 Å². The van der Waals surface area contributed by atoms with Crippen molar-refractivity contribution < 1.29 is 0 Å². The van der Waals surface area contributed by atoms with E-state index in [-0.39, 0.29) is 16.2 Å². The molecule has 1 rings (SSSR count). The predicted molar refractivity (Wildman–Crippen MR) is 106 cm³/mol. The van der Waals surface area contributed by atoms with Crippen LogP contribution < -0.4 is 0 Å². The van der Waals surface area contributed by atoms with Gasteiger partial charge >= 0.3 is 0 Å². The minimum absolute atomic E-state index is 0.0986. The first-order valence-electron chi connectivity index (χ1n) is 7.50. The Bertz CT molecular complexity index is 505. The van der Waals surface area contributed by atoms with Crippen LogP contribution in [0.1, 0.15) is 79.0 Å². The van der Waals surface area contributed by atoms with E-state index in [0.29, 0.717) is 0 Å². The third-order valence-corrected chi connectivity index (χ3v) is 4.65. The summed E-state index contributed by atoms with van der Waals surface area (Å²) in [5.74, 6) is 0. The van der Waals surface area contributed by atoms with Gasteiger partial charge in [-0.25, -0.2) is 4.74 Å². The highest BCUT2D eigenvalue weighted by atomic mass is 127. The monoisotopic (exact) mass is 417 g/mol. The second-order valence-corrected chi connectivity index (χ2v) is 10.5. The highest BCUT2D eigenvalue weighted by Crippen LogP contribution is 2.44. The molecule has 0 spiro atoms. The van der Waals surface area contributed by atoms with E-state index in [1.165, 1.54) is 22.4 Å². The number of nitrogens with zero attached hydrogens (tertiary/aromatic N) is 1. The molecule has 0 amide bonds. The molecule has 0 saturated heterocycles. The standard InChI is InChI=1S/C18H29INP/c1-16(2,3)12-10-13(17(4,5)6)15(20-21-19)14(11-12)18(7,8)9/h10-11H,1-9H3. The fourth-order valence-corrected chi connectivity index (χ4v) is 3.29. The van der Waals surface area contributed by atoms with Crippen LogP contribution in [0, 0.1) is 0 Å². The van der Waals surface area contributed by atoms with E-state index in [1.54, 1.807) is 0 Å². The van der Waals surface area contributed by atoms with E-state index in [0.717, 1.165) is 6.02 Å². The fourth-order valence-electron chi connectivity index (χ4n) is 2.36. The lowest BCUT2D eigenvalue weighted by molar-refractivity contribution is 0.550. The Kier molecular flexibility index (Phi) is 5.71. The zero-order chi connectivity index (χ0) is 16.6. The lowest BCUT2D eigenvalue weighted by Crippen LogP contribution is -2.21. The molecule has 0 aromatic heterocycles. The zero-order valence-corrected chi connectivity index (χ0v) is 18.0. The number of halogens is 1. The second kappa shape index (κ2) is 6.28. The first kappa shape index (κ1) is 19.1. The summed E-state index contributed by atoms with van der Waals surface area (Å²) in [5.41, 5.74) is 5.68. The Labute approximate surface area is 145 Å². The van der Waals surface area contributed by atoms with Crippen molar-refractivity contribution in [1.29, 1.82) is 0 Å². The average molecular weight is 417 g/mol. The van der Waals surface area contributed by atoms with Gasteiger partial charge in [-0.3, -0.25) is 0 Å². The number of rotatable bonds is 1. The molecule has 0 atom stereocenters. The van der Waals surface area contributed by atoms with Crippen molar-refractivity contribution in [3.05, 3.63) is 28.8 Å². The Morgan fingerprint density at radius 3 is 1.38 bits per heavy atom. The predicted octanol–water partition coefficient (Wildman–Crippen LogP) is 7.69. The van der Waals surface area contributed by atoms with Gasteiger partial charge in [-0.1, -0.05) is 74.4 Å². The molecule has 1 nitrogen and oxygen atoms in total. The van der Waals surface area contributed by atoms with Crippen LogP contribution in [0.2, 0.25) is 0 Å². The van der Waals surface area contributed by atoms with Crippen LogP contribution in [0.25, 0.3) is 0 Å². The van der Waals surface area contributed by atoms with Gasteiger partial charge in [-0.15, -0.1) is 0 Å². The Morgan fingerprint density at radius 2 is 1.14 bits per heavy atom. The molecule has 0 radical (unpaired) electrons. The van der Waals surface area contributed by atoms with Gasteiger partial charge in [0.05, 0.1) is 11.7 Å². The van der Waals surface area contributed by atoms with Crippen molar-refractivity contribution in [2.45, 2.75) is 78.6 Å². The second-order valence-electron chi connectivity index (χ2n) is 8.85. The average Bonchev–Trinajstić information content (AvgIpc) is 2.24. The summed E-state index contributed by atoms with van der Waals surface area (Å²) in [6.45, 7) is 20.6. The van der Waals surface area contributed by atoms with Crippen LogP contribution in [-0.2, 0) is 16.2 Å². The van der Waals surface area contributed by atoms with Crippen LogP contribution in [-0.4, -0.2) is 0 Å². The van der Waals surface area contributed by atoms with E-state index in [9.17, 15) is 0 Å². The van der Waals surface area contributed by atoms with Crippen LogP contribution in [0.5, 0.6) is 0 Å². The molecule has 0 aliphatic carbocycles. The fraction of sp³-hybridized carbons (Fsp3) is 0.667. The summed E-state index contributed by atoms with van der Waals surface area (Å²) >= 11 is 2.31. The molecule has 21 heavy (non-hydrogen) atoms. The maximum absolute atomic E-state index is 4.82. The van der Waals surface area contributed by atoms with Gasteiger partial charge in [0.15, 0.2) is 0 Å². The van der Waals surface area contributed by atoms with Crippen molar-refractivity contribution in [2.24, 2.45) is 4.74 Å². The summed E-state index contributed by atoms with van der Waals surface area (Å²) in [4.78, 5) is 0. The molecule has 118 valence electrons. The molecular weight excluding hydrogens is 388 g/mol. The molecule has 1 aromatic carbocycles. The molecule has 0 aliphatic rings.